The summed E-state index contributed by atoms with van der Waals surface area (Å²) >= 11 is 0. The van der Waals surface area contributed by atoms with E-state index in [1.165, 1.54) is 25.7 Å². The molecule has 1 unspecified atom stereocenters. The summed E-state index contributed by atoms with van der Waals surface area (Å²) in [5.74, 6) is 0.801. The van der Waals surface area contributed by atoms with Gasteiger partial charge in [-0.1, -0.05) is 12.8 Å². The Morgan fingerprint density at radius 3 is 3.12 bits per heavy atom. The van der Waals surface area contributed by atoms with Crippen molar-refractivity contribution in [2.45, 2.75) is 45.1 Å². The van der Waals surface area contributed by atoms with E-state index in [1.807, 2.05) is 0 Å². The molecule has 2 N–H and O–H groups in total. The van der Waals surface area contributed by atoms with Crippen LogP contribution in [0.4, 0.5) is 0 Å². The van der Waals surface area contributed by atoms with Gasteiger partial charge in [-0.25, -0.2) is 4.98 Å². The Hall–Kier alpha value is -1.16. The topological polar surface area (TPSA) is 57.8 Å². The molecular formula is C12H19N3O. The van der Waals surface area contributed by atoms with E-state index in [4.69, 9.17) is 0 Å². The number of aromatic nitrogens is 2. The SMILES string of the molecule is Cc1cnc(CC2CCCCCN2)[nH]c1=O. The molecule has 0 spiro atoms. The zero-order valence-corrected chi connectivity index (χ0v) is 9.75. The van der Waals surface area contributed by atoms with Crippen LogP contribution >= 0.6 is 0 Å². The molecule has 0 aliphatic carbocycles. The van der Waals surface area contributed by atoms with Gasteiger partial charge < -0.3 is 10.3 Å². The largest absolute Gasteiger partial charge is 0.314 e. The Bertz CT molecular complexity index is 391. The highest BCUT2D eigenvalue weighted by atomic mass is 16.1. The summed E-state index contributed by atoms with van der Waals surface area (Å²) in [6, 6.07) is 0.466. The average molecular weight is 221 g/mol. The molecule has 0 aromatic carbocycles. The van der Waals surface area contributed by atoms with Crippen molar-refractivity contribution in [3.8, 4) is 0 Å². The average Bonchev–Trinajstić information content (AvgIpc) is 2.52. The van der Waals surface area contributed by atoms with Crippen molar-refractivity contribution in [2.75, 3.05) is 6.54 Å². The zero-order chi connectivity index (χ0) is 11.4. The molecule has 88 valence electrons. The number of hydrogen-bond acceptors (Lipinski definition) is 3. The second-order valence-electron chi connectivity index (χ2n) is 4.55. The van der Waals surface area contributed by atoms with Crippen LogP contribution in [0.25, 0.3) is 0 Å². The predicted octanol–water partition coefficient (Wildman–Crippen LogP) is 1.15. The fourth-order valence-corrected chi connectivity index (χ4v) is 2.11. The second kappa shape index (κ2) is 5.25. The first kappa shape index (κ1) is 11.3. The standard InChI is InChI=1S/C12H19N3O/c1-9-8-14-11(15-12(9)16)7-10-5-3-2-4-6-13-10/h8,10,13H,2-7H2,1H3,(H,14,15,16). The maximum atomic E-state index is 11.4. The zero-order valence-electron chi connectivity index (χ0n) is 9.75. The van der Waals surface area contributed by atoms with Gasteiger partial charge in [0.05, 0.1) is 0 Å². The van der Waals surface area contributed by atoms with E-state index >= 15 is 0 Å². The number of H-pyrrole nitrogens is 1. The Balaban J connectivity index is 2.02. The molecule has 4 heteroatoms. The second-order valence-corrected chi connectivity index (χ2v) is 4.55. The summed E-state index contributed by atoms with van der Waals surface area (Å²) in [5, 5.41) is 3.50. The third-order valence-corrected chi connectivity index (χ3v) is 3.13. The molecule has 1 aromatic rings. The van der Waals surface area contributed by atoms with E-state index in [2.05, 4.69) is 15.3 Å². The minimum absolute atomic E-state index is 0.0152. The summed E-state index contributed by atoms with van der Waals surface area (Å²) < 4.78 is 0. The van der Waals surface area contributed by atoms with Crippen molar-refractivity contribution in [3.05, 3.63) is 27.9 Å². The number of nitrogens with zero attached hydrogens (tertiary/aromatic N) is 1. The number of aryl methyl sites for hydroxylation is 1. The highest BCUT2D eigenvalue weighted by Crippen LogP contribution is 2.10. The monoisotopic (exact) mass is 221 g/mol. The smallest absolute Gasteiger partial charge is 0.253 e. The van der Waals surface area contributed by atoms with Gasteiger partial charge in [0.2, 0.25) is 0 Å². The summed E-state index contributed by atoms with van der Waals surface area (Å²) in [6.45, 7) is 2.86. The van der Waals surface area contributed by atoms with Crippen LogP contribution in [0.3, 0.4) is 0 Å². The van der Waals surface area contributed by atoms with Crippen molar-refractivity contribution in [2.24, 2.45) is 0 Å². The first-order chi connectivity index (χ1) is 7.75. The molecule has 1 atom stereocenters. The van der Waals surface area contributed by atoms with Crippen LogP contribution < -0.4 is 10.9 Å². The summed E-state index contributed by atoms with van der Waals surface area (Å²) in [7, 11) is 0. The Labute approximate surface area is 95.5 Å². The van der Waals surface area contributed by atoms with Crippen molar-refractivity contribution in [1.82, 2.24) is 15.3 Å². The Morgan fingerprint density at radius 2 is 2.31 bits per heavy atom. The van der Waals surface area contributed by atoms with Gasteiger partial charge >= 0.3 is 0 Å². The molecule has 1 saturated heterocycles. The molecule has 4 nitrogen and oxygen atoms in total. The normalized spacial score (nSPS) is 21.7. The minimum atomic E-state index is -0.0152. The number of hydrogen-bond donors (Lipinski definition) is 2. The Kier molecular flexibility index (Phi) is 3.72. The number of nitrogens with one attached hydrogen (secondary N) is 2. The maximum absolute atomic E-state index is 11.4. The van der Waals surface area contributed by atoms with Crippen molar-refractivity contribution in [1.29, 1.82) is 0 Å². The van der Waals surface area contributed by atoms with Gasteiger partial charge in [-0.3, -0.25) is 4.79 Å². The molecule has 2 heterocycles. The third kappa shape index (κ3) is 2.92. The molecule has 1 fully saturated rings. The predicted molar refractivity (Wildman–Crippen MR) is 63.6 cm³/mol. The third-order valence-electron chi connectivity index (χ3n) is 3.13. The van der Waals surface area contributed by atoms with Crippen LogP contribution in [0.1, 0.15) is 37.1 Å². The van der Waals surface area contributed by atoms with Crippen LogP contribution in [0.2, 0.25) is 0 Å². The van der Waals surface area contributed by atoms with Gasteiger partial charge in [0.25, 0.3) is 5.56 Å². The molecule has 0 saturated carbocycles. The van der Waals surface area contributed by atoms with E-state index in [1.54, 1.807) is 13.1 Å². The van der Waals surface area contributed by atoms with Crippen LogP contribution in [0.15, 0.2) is 11.0 Å². The van der Waals surface area contributed by atoms with E-state index in [0.29, 0.717) is 11.6 Å². The van der Waals surface area contributed by atoms with E-state index in [0.717, 1.165) is 18.8 Å². The fraction of sp³-hybridized carbons (Fsp3) is 0.667. The van der Waals surface area contributed by atoms with Crippen LogP contribution in [0.5, 0.6) is 0 Å². The molecule has 1 aliphatic rings. The lowest BCUT2D eigenvalue weighted by atomic mass is 10.1. The number of aromatic amines is 1. The summed E-state index contributed by atoms with van der Waals surface area (Å²) in [5.41, 5.74) is 0.663. The molecule has 0 amide bonds. The molecule has 0 radical (unpaired) electrons. The quantitative estimate of drug-likeness (QED) is 0.787. The maximum Gasteiger partial charge on any atom is 0.253 e. The lowest BCUT2D eigenvalue weighted by molar-refractivity contribution is 0.496. The van der Waals surface area contributed by atoms with Gasteiger partial charge in [-0.05, 0) is 26.3 Å². The van der Waals surface area contributed by atoms with Crippen LogP contribution in [-0.4, -0.2) is 22.6 Å². The Morgan fingerprint density at radius 1 is 1.44 bits per heavy atom. The molecule has 16 heavy (non-hydrogen) atoms. The highest BCUT2D eigenvalue weighted by Gasteiger charge is 2.13. The first-order valence-corrected chi connectivity index (χ1v) is 6.04. The van der Waals surface area contributed by atoms with E-state index in [-0.39, 0.29) is 5.56 Å². The molecular weight excluding hydrogens is 202 g/mol. The van der Waals surface area contributed by atoms with Gasteiger partial charge in [-0.2, -0.15) is 0 Å². The van der Waals surface area contributed by atoms with Crippen LogP contribution in [0, 0.1) is 6.92 Å². The fourth-order valence-electron chi connectivity index (χ4n) is 2.11. The highest BCUT2D eigenvalue weighted by molar-refractivity contribution is 5.03. The first-order valence-electron chi connectivity index (χ1n) is 6.04. The van der Waals surface area contributed by atoms with Crippen molar-refractivity contribution >= 4 is 0 Å². The lowest BCUT2D eigenvalue weighted by Gasteiger charge is -2.14. The molecule has 1 aliphatic heterocycles. The van der Waals surface area contributed by atoms with Crippen molar-refractivity contribution in [3.63, 3.8) is 0 Å². The van der Waals surface area contributed by atoms with Crippen LogP contribution in [-0.2, 0) is 6.42 Å². The number of rotatable bonds is 2. The molecule has 2 rings (SSSR count). The van der Waals surface area contributed by atoms with Crippen molar-refractivity contribution < 1.29 is 0 Å². The minimum Gasteiger partial charge on any atom is -0.314 e. The molecule has 0 bridgehead atoms. The van der Waals surface area contributed by atoms with E-state index < -0.39 is 0 Å². The van der Waals surface area contributed by atoms with Gasteiger partial charge in [0.1, 0.15) is 5.82 Å². The summed E-state index contributed by atoms with van der Waals surface area (Å²) in [6.07, 6.45) is 7.50. The lowest BCUT2D eigenvalue weighted by Crippen LogP contribution is -2.31. The van der Waals surface area contributed by atoms with Gasteiger partial charge in [0.15, 0.2) is 0 Å². The van der Waals surface area contributed by atoms with Gasteiger partial charge in [0, 0.05) is 24.2 Å². The molecule has 1 aromatic heterocycles. The van der Waals surface area contributed by atoms with Gasteiger partial charge in [-0.15, -0.1) is 0 Å². The summed E-state index contributed by atoms with van der Waals surface area (Å²) in [4.78, 5) is 18.5. The van der Waals surface area contributed by atoms with E-state index in [9.17, 15) is 4.79 Å².